The lowest BCUT2D eigenvalue weighted by Gasteiger charge is -2.17. The summed E-state index contributed by atoms with van der Waals surface area (Å²) in [4.78, 5) is 3.85. The molecule has 0 aliphatic heterocycles. The highest BCUT2D eigenvalue weighted by molar-refractivity contribution is 5.80. The predicted molar refractivity (Wildman–Crippen MR) is 73.6 cm³/mol. The standard InChI is InChI=1S/C15H19F3N2/c1-5-20-9-10(8-14(2,3)4)13-11(20)6-7-12(19-13)15(16,17)18/h6-7,9H,5,8H2,1-4H3. The molecule has 0 saturated carbocycles. The van der Waals surface area contributed by atoms with Crippen LogP contribution < -0.4 is 0 Å². The SMILES string of the molecule is CCn1cc(CC(C)(C)C)c2nc(C(F)(F)F)ccc21. The first kappa shape index (κ1) is 14.9. The minimum absolute atomic E-state index is 0.00275. The highest BCUT2D eigenvalue weighted by Crippen LogP contribution is 2.32. The molecule has 0 spiro atoms. The summed E-state index contributed by atoms with van der Waals surface area (Å²) in [6, 6.07) is 2.57. The molecule has 0 aliphatic rings. The highest BCUT2D eigenvalue weighted by atomic mass is 19.4. The maximum absolute atomic E-state index is 12.8. The molecule has 5 heteroatoms. The van der Waals surface area contributed by atoms with Gasteiger partial charge in [-0.15, -0.1) is 0 Å². The van der Waals surface area contributed by atoms with Crippen molar-refractivity contribution in [2.75, 3.05) is 0 Å². The van der Waals surface area contributed by atoms with E-state index in [4.69, 9.17) is 0 Å². The van der Waals surface area contributed by atoms with E-state index >= 15 is 0 Å². The van der Waals surface area contributed by atoms with E-state index in [0.29, 0.717) is 18.5 Å². The predicted octanol–water partition coefficient (Wildman–Crippen LogP) is 4.66. The van der Waals surface area contributed by atoms with Crippen LogP contribution in [0.2, 0.25) is 0 Å². The van der Waals surface area contributed by atoms with Crippen molar-refractivity contribution < 1.29 is 13.2 Å². The molecule has 2 rings (SSSR count). The quantitative estimate of drug-likeness (QED) is 0.784. The van der Waals surface area contributed by atoms with Crippen LogP contribution in [0.3, 0.4) is 0 Å². The monoisotopic (exact) mass is 284 g/mol. The number of nitrogens with zero attached hydrogens (tertiary/aromatic N) is 2. The normalized spacial score (nSPS) is 13.2. The summed E-state index contributed by atoms with van der Waals surface area (Å²) >= 11 is 0. The number of alkyl halides is 3. The van der Waals surface area contributed by atoms with Crippen molar-refractivity contribution in [3.63, 3.8) is 0 Å². The van der Waals surface area contributed by atoms with E-state index in [0.717, 1.165) is 17.1 Å². The van der Waals surface area contributed by atoms with Gasteiger partial charge in [-0.1, -0.05) is 20.8 Å². The third-order valence-electron chi connectivity index (χ3n) is 3.15. The minimum Gasteiger partial charge on any atom is -0.346 e. The Labute approximate surface area is 116 Å². The van der Waals surface area contributed by atoms with Crippen molar-refractivity contribution in [1.82, 2.24) is 9.55 Å². The van der Waals surface area contributed by atoms with Crippen LogP contribution >= 0.6 is 0 Å². The second-order valence-corrected chi connectivity index (χ2v) is 6.24. The van der Waals surface area contributed by atoms with Gasteiger partial charge in [-0.2, -0.15) is 13.2 Å². The largest absolute Gasteiger partial charge is 0.433 e. The fraction of sp³-hybridized carbons (Fsp3) is 0.533. The molecule has 0 aromatic carbocycles. The fourth-order valence-electron chi connectivity index (χ4n) is 2.36. The topological polar surface area (TPSA) is 17.8 Å². The molecule has 2 aromatic rings. The van der Waals surface area contributed by atoms with Crippen LogP contribution in [0.4, 0.5) is 13.2 Å². The van der Waals surface area contributed by atoms with E-state index in [1.807, 2.05) is 17.7 Å². The summed E-state index contributed by atoms with van der Waals surface area (Å²) in [6.07, 6.45) is -1.78. The Bertz CT molecular complexity index is 618. The van der Waals surface area contributed by atoms with Crippen LogP contribution in [-0.4, -0.2) is 9.55 Å². The van der Waals surface area contributed by atoms with Crippen LogP contribution in [0.1, 0.15) is 39.0 Å². The molecule has 0 saturated heterocycles. The molecule has 110 valence electrons. The molecule has 0 unspecified atom stereocenters. The van der Waals surface area contributed by atoms with E-state index in [1.54, 1.807) is 0 Å². The molecule has 0 bridgehead atoms. The molecule has 0 N–H and O–H groups in total. The Balaban J connectivity index is 2.62. The van der Waals surface area contributed by atoms with Gasteiger partial charge in [0.2, 0.25) is 0 Å². The lowest BCUT2D eigenvalue weighted by molar-refractivity contribution is -0.140. The summed E-state index contributed by atoms with van der Waals surface area (Å²) in [7, 11) is 0. The number of aromatic nitrogens is 2. The lowest BCUT2D eigenvalue weighted by atomic mass is 9.89. The van der Waals surface area contributed by atoms with Crippen molar-refractivity contribution in [1.29, 1.82) is 0 Å². The van der Waals surface area contributed by atoms with Crippen LogP contribution in [0, 0.1) is 5.41 Å². The van der Waals surface area contributed by atoms with Gasteiger partial charge in [0.15, 0.2) is 0 Å². The summed E-state index contributed by atoms with van der Waals surface area (Å²) in [5.74, 6) is 0. The van der Waals surface area contributed by atoms with Crippen molar-refractivity contribution >= 4 is 11.0 Å². The van der Waals surface area contributed by atoms with Crippen LogP contribution in [0.15, 0.2) is 18.3 Å². The second-order valence-electron chi connectivity index (χ2n) is 6.24. The van der Waals surface area contributed by atoms with Crippen molar-refractivity contribution in [3.05, 3.63) is 29.6 Å². The number of rotatable bonds is 2. The Kier molecular flexibility index (Phi) is 3.56. The zero-order valence-electron chi connectivity index (χ0n) is 12.2. The first-order valence-electron chi connectivity index (χ1n) is 6.68. The smallest absolute Gasteiger partial charge is 0.346 e. The molecule has 0 aliphatic carbocycles. The Morgan fingerprint density at radius 2 is 1.80 bits per heavy atom. The molecular formula is C15H19F3N2. The third kappa shape index (κ3) is 2.97. The van der Waals surface area contributed by atoms with Crippen LogP contribution in [0.5, 0.6) is 0 Å². The first-order chi connectivity index (χ1) is 9.12. The average molecular weight is 284 g/mol. The number of fused-ring (bicyclic) bond motifs is 1. The summed E-state index contributed by atoms with van der Waals surface area (Å²) < 4.78 is 40.4. The summed E-state index contributed by atoms with van der Waals surface area (Å²) in [5, 5.41) is 0. The van der Waals surface area contributed by atoms with Gasteiger partial charge < -0.3 is 4.57 Å². The molecule has 2 aromatic heterocycles. The third-order valence-corrected chi connectivity index (χ3v) is 3.15. The highest BCUT2D eigenvalue weighted by Gasteiger charge is 2.33. The van der Waals surface area contributed by atoms with Gasteiger partial charge in [0.1, 0.15) is 5.69 Å². The van der Waals surface area contributed by atoms with Crippen molar-refractivity contribution in [2.45, 2.75) is 46.8 Å². The zero-order chi connectivity index (χ0) is 15.1. The molecule has 0 amide bonds. The van der Waals surface area contributed by atoms with E-state index in [1.165, 1.54) is 6.07 Å². The second kappa shape index (κ2) is 4.79. The van der Waals surface area contributed by atoms with Gasteiger partial charge in [0.05, 0.1) is 11.0 Å². The first-order valence-corrected chi connectivity index (χ1v) is 6.68. The fourth-order valence-corrected chi connectivity index (χ4v) is 2.36. The lowest BCUT2D eigenvalue weighted by Crippen LogP contribution is -2.10. The number of pyridine rings is 1. The minimum atomic E-state index is -4.40. The van der Waals surface area contributed by atoms with E-state index in [-0.39, 0.29) is 5.41 Å². The van der Waals surface area contributed by atoms with Crippen molar-refractivity contribution in [2.24, 2.45) is 5.41 Å². The zero-order valence-corrected chi connectivity index (χ0v) is 12.2. The molecule has 0 fully saturated rings. The number of aryl methyl sites for hydroxylation is 1. The number of hydrogen-bond donors (Lipinski definition) is 0. The molecule has 20 heavy (non-hydrogen) atoms. The van der Waals surface area contributed by atoms with E-state index in [9.17, 15) is 13.2 Å². The number of halogens is 3. The summed E-state index contributed by atoms with van der Waals surface area (Å²) in [5.41, 5.74) is 1.29. The molecule has 0 atom stereocenters. The Hall–Kier alpha value is -1.52. The van der Waals surface area contributed by atoms with Gasteiger partial charge in [0, 0.05) is 12.7 Å². The summed E-state index contributed by atoms with van der Waals surface area (Å²) in [6.45, 7) is 8.88. The Morgan fingerprint density at radius 1 is 1.15 bits per heavy atom. The van der Waals surface area contributed by atoms with Gasteiger partial charge in [-0.25, -0.2) is 4.98 Å². The average Bonchev–Trinajstić information content (AvgIpc) is 2.63. The van der Waals surface area contributed by atoms with E-state index in [2.05, 4.69) is 25.8 Å². The van der Waals surface area contributed by atoms with Gasteiger partial charge in [-0.3, -0.25) is 0 Å². The van der Waals surface area contributed by atoms with Crippen molar-refractivity contribution in [3.8, 4) is 0 Å². The molecule has 0 radical (unpaired) electrons. The number of hydrogen-bond acceptors (Lipinski definition) is 1. The molecule has 2 heterocycles. The maximum atomic E-state index is 12.8. The van der Waals surface area contributed by atoms with Crippen LogP contribution in [0.25, 0.3) is 11.0 Å². The molecule has 2 nitrogen and oxygen atoms in total. The van der Waals surface area contributed by atoms with Gasteiger partial charge in [0.25, 0.3) is 0 Å². The Morgan fingerprint density at radius 3 is 2.30 bits per heavy atom. The van der Waals surface area contributed by atoms with Gasteiger partial charge in [-0.05, 0) is 36.5 Å². The maximum Gasteiger partial charge on any atom is 0.433 e. The molecular weight excluding hydrogens is 265 g/mol. The van der Waals surface area contributed by atoms with E-state index < -0.39 is 11.9 Å². The van der Waals surface area contributed by atoms with Gasteiger partial charge >= 0.3 is 6.18 Å². The van der Waals surface area contributed by atoms with Crippen LogP contribution in [-0.2, 0) is 19.1 Å².